The molecule has 3 heterocycles. The maximum Gasteiger partial charge on any atom is 0.137 e. The van der Waals surface area contributed by atoms with Crippen molar-refractivity contribution >= 4 is 5.82 Å². The van der Waals surface area contributed by atoms with Crippen LogP contribution in [-0.4, -0.2) is 37.8 Å². The van der Waals surface area contributed by atoms with Crippen molar-refractivity contribution in [3.05, 3.63) is 29.2 Å². The summed E-state index contributed by atoms with van der Waals surface area (Å²) in [5.74, 6) is 3.61. The minimum absolute atomic E-state index is 0.436. The first-order chi connectivity index (χ1) is 11.2. The summed E-state index contributed by atoms with van der Waals surface area (Å²) in [6, 6.07) is 0. The molecule has 0 saturated carbocycles. The second-order valence-corrected chi connectivity index (χ2v) is 6.81. The first-order valence-corrected chi connectivity index (χ1v) is 8.67. The van der Waals surface area contributed by atoms with Crippen molar-refractivity contribution in [3.8, 4) is 0 Å². The number of piperidine rings is 1. The fraction of sp³-hybridized carbons (Fsp3) is 0.647. The van der Waals surface area contributed by atoms with Crippen molar-refractivity contribution < 1.29 is 0 Å². The van der Waals surface area contributed by atoms with Gasteiger partial charge in [-0.1, -0.05) is 0 Å². The van der Waals surface area contributed by atoms with Crippen molar-refractivity contribution in [2.45, 2.75) is 51.4 Å². The van der Waals surface area contributed by atoms with E-state index < -0.39 is 0 Å². The van der Waals surface area contributed by atoms with E-state index in [0.717, 1.165) is 37.6 Å². The van der Waals surface area contributed by atoms with E-state index in [2.05, 4.69) is 24.6 Å². The number of aryl methyl sites for hydroxylation is 3. The molecule has 0 radical (unpaired) electrons. The maximum absolute atomic E-state index is 4.82. The van der Waals surface area contributed by atoms with E-state index in [4.69, 9.17) is 4.98 Å². The van der Waals surface area contributed by atoms with E-state index in [1.807, 2.05) is 14.0 Å². The first-order valence-electron chi connectivity index (χ1n) is 8.67. The number of nitrogens with zero attached hydrogens (tertiary/aromatic N) is 6. The molecular weight excluding hydrogens is 288 g/mol. The highest BCUT2D eigenvalue weighted by Gasteiger charge is 2.28. The summed E-state index contributed by atoms with van der Waals surface area (Å²) in [4.78, 5) is 12.0. The number of aromatic nitrogens is 5. The topological polar surface area (TPSA) is 59.7 Å². The zero-order valence-electron chi connectivity index (χ0n) is 14.0. The van der Waals surface area contributed by atoms with Gasteiger partial charge in [0.2, 0.25) is 0 Å². The van der Waals surface area contributed by atoms with E-state index >= 15 is 0 Å². The van der Waals surface area contributed by atoms with E-state index in [1.165, 1.54) is 42.8 Å². The quantitative estimate of drug-likeness (QED) is 0.850. The molecule has 2 aromatic heterocycles. The molecule has 122 valence electrons. The van der Waals surface area contributed by atoms with E-state index in [1.54, 1.807) is 6.33 Å². The molecule has 1 unspecified atom stereocenters. The fourth-order valence-corrected chi connectivity index (χ4v) is 4.00. The Morgan fingerprint density at radius 1 is 1.13 bits per heavy atom. The van der Waals surface area contributed by atoms with Crippen LogP contribution in [0.1, 0.15) is 54.5 Å². The van der Waals surface area contributed by atoms with Gasteiger partial charge in [-0.25, -0.2) is 9.97 Å². The fourth-order valence-electron chi connectivity index (χ4n) is 4.00. The minimum atomic E-state index is 0.436. The normalized spacial score (nSPS) is 21.3. The Kier molecular flexibility index (Phi) is 3.75. The summed E-state index contributed by atoms with van der Waals surface area (Å²) in [6.07, 6.45) is 8.88. The van der Waals surface area contributed by atoms with Crippen molar-refractivity contribution in [2.24, 2.45) is 7.05 Å². The minimum Gasteiger partial charge on any atom is -0.356 e. The van der Waals surface area contributed by atoms with Gasteiger partial charge in [-0.15, -0.1) is 10.2 Å². The highest BCUT2D eigenvalue weighted by Crippen LogP contribution is 2.33. The molecule has 0 aromatic carbocycles. The smallest absolute Gasteiger partial charge is 0.137 e. The zero-order chi connectivity index (χ0) is 15.8. The summed E-state index contributed by atoms with van der Waals surface area (Å²) >= 11 is 0. The van der Waals surface area contributed by atoms with Gasteiger partial charge in [-0.05, 0) is 45.4 Å². The average molecular weight is 312 g/mol. The highest BCUT2D eigenvalue weighted by molar-refractivity contribution is 5.51. The molecule has 1 aliphatic heterocycles. The lowest BCUT2D eigenvalue weighted by Crippen LogP contribution is -2.37. The standard InChI is InChI=1S/C17H24N6/c1-12-19-15-8-4-3-7-14(15)17(20-12)23-9-5-6-13(10-23)16-21-18-11-22(16)2/h11,13H,3-10H2,1-2H3. The van der Waals surface area contributed by atoms with Gasteiger partial charge in [0.1, 0.15) is 23.8 Å². The van der Waals surface area contributed by atoms with Crippen LogP contribution < -0.4 is 4.90 Å². The van der Waals surface area contributed by atoms with E-state index in [9.17, 15) is 0 Å². The van der Waals surface area contributed by atoms with E-state index in [0.29, 0.717) is 5.92 Å². The predicted octanol–water partition coefficient (Wildman–Crippen LogP) is 2.18. The molecule has 0 bridgehead atoms. The van der Waals surface area contributed by atoms with Crippen molar-refractivity contribution in [1.82, 2.24) is 24.7 Å². The second kappa shape index (κ2) is 5.91. The maximum atomic E-state index is 4.82. The highest BCUT2D eigenvalue weighted by atomic mass is 15.3. The van der Waals surface area contributed by atoms with Gasteiger partial charge in [0, 0.05) is 37.3 Å². The average Bonchev–Trinajstić information content (AvgIpc) is 3.00. The zero-order valence-corrected chi connectivity index (χ0v) is 14.0. The van der Waals surface area contributed by atoms with Gasteiger partial charge in [-0.2, -0.15) is 0 Å². The van der Waals surface area contributed by atoms with Crippen molar-refractivity contribution in [3.63, 3.8) is 0 Å². The Labute approximate surface area is 137 Å². The Bertz CT molecular complexity index is 707. The number of fused-ring (bicyclic) bond motifs is 1. The van der Waals surface area contributed by atoms with Gasteiger partial charge in [-0.3, -0.25) is 0 Å². The van der Waals surface area contributed by atoms with Crippen molar-refractivity contribution in [1.29, 1.82) is 0 Å². The summed E-state index contributed by atoms with van der Waals surface area (Å²) in [7, 11) is 2.03. The molecule has 0 N–H and O–H groups in total. The first kappa shape index (κ1) is 14.6. The second-order valence-electron chi connectivity index (χ2n) is 6.81. The Morgan fingerprint density at radius 3 is 2.83 bits per heavy atom. The molecule has 23 heavy (non-hydrogen) atoms. The van der Waals surface area contributed by atoms with E-state index in [-0.39, 0.29) is 0 Å². The molecule has 1 aliphatic carbocycles. The molecule has 1 saturated heterocycles. The van der Waals surface area contributed by atoms with Gasteiger partial charge >= 0.3 is 0 Å². The molecule has 2 aromatic rings. The van der Waals surface area contributed by atoms with Crippen LogP contribution >= 0.6 is 0 Å². The molecular formula is C17H24N6. The molecule has 6 heteroatoms. The molecule has 2 aliphatic rings. The van der Waals surface area contributed by atoms with Crippen molar-refractivity contribution in [2.75, 3.05) is 18.0 Å². The van der Waals surface area contributed by atoms with Gasteiger partial charge in [0.05, 0.1) is 0 Å². The van der Waals surface area contributed by atoms with Crippen LogP contribution in [0.4, 0.5) is 5.82 Å². The van der Waals surface area contributed by atoms with Gasteiger partial charge in [0.25, 0.3) is 0 Å². The Balaban J connectivity index is 1.65. The summed E-state index contributed by atoms with van der Waals surface area (Å²) < 4.78 is 2.05. The third kappa shape index (κ3) is 2.71. The van der Waals surface area contributed by atoms with Crippen LogP contribution in [0.5, 0.6) is 0 Å². The molecule has 6 nitrogen and oxygen atoms in total. The lowest BCUT2D eigenvalue weighted by molar-refractivity contribution is 0.475. The molecule has 1 atom stereocenters. The van der Waals surface area contributed by atoms with Crippen LogP contribution in [0.15, 0.2) is 6.33 Å². The molecule has 1 fully saturated rings. The number of hydrogen-bond donors (Lipinski definition) is 0. The number of anilines is 1. The predicted molar refractivity (Wildman–Crippen MR) is 88.6 cm³/mol. The third-order valence-electron chi connectivity index (χ3n) is 5.11. The summed E-state index contributed by atoms with van der Waals surface area (Å²) in [6.45, 7) is 4.08. The monoisotopic (exact) mass is 312 g/mol. The van der Waals surface area contributed by atoms with Crippen LogP contribution in [-0.2, 0) is 19.9 Å². The third-order valence-corrected chi connectivity index (χ3v) is 5.11. The number of hydrogen-bond acceptors (Lipinski definition) is 5. The molecule has 4 rings (SSSR count). The summed E-state index contributed by atoms with van der Waals surface area (Å²) in [5, 5.41) is 8.37. The van der Waals surface area contributed by atoms with Crippen LogP contribution in [0, 0.1) is 6.92 Å². The Hall–Kier alpha value is -1.98. The largest absolute Gasteiger partial charge is 0.356 e. The van der Waals surface area contributed by atoms with Crippen LogP contribution in [0.2, 0.25) is 0 Å². The van der Waals surface area contributed by atoms with Crippen LogP contribution in [0.3, 0.4) is 0 Å². The summed E-state index contributed by atoms with van der Waals surface area (Å²) in [5.41, 5.74) is 2.67. The van der Waals surface area contributed by atoms with Crippen LogP contribution in [0.25, 0.3) is 0 Å². The molecule has 0 spiro atoms. The Morgan fingerprint density at radius 2 is 2.00 bits per heavy atom. The van der Waals surface area contributed by atoms with Gasteiger partial charge in [0.15, 0.2) is 0 Å². The van der Waals surface area contributed by atoms with Gasteiger partial charge < -0.3 is 9.47 Å². The lowest BCUT2D eigenvalue weighted by atomic mass is 9.93. The lowest BCUT2D eigenvalue weighted by Gasteiger charge is -2.35. The molecule has 0 amide bonds. The number of rotatable bonds is 2. The SMILES string of the molecule is Cc1nc2c(c(N3CCCC(c4nncn4C)C3)n1)CCCC2.